The summed E-state index contributed by atoms with van der Waals surface area (Å²) in [7, 11) is 0. The molecule has 0 fully saturated rings. The molecule has 2 aromatic carbocycles. The fraction of sp³-hybridized carbons (Fsp3) is 0.105. The van der Waals surface area contributed by atoms with Gasteiger partial charge in [-0.25, -0.2) is 4.98 Å². The Hall–Kier alpha value is -2.39. The first-order valence-corrected chi connectivity index (χ1v) is 8.06. The monoisotopic (exact) mass is 305 g/mol. The molecule has 0 amide bonds. The van der Waals surface area contributed by atoms with E-state index in [1.807, 2.05) is 24.3 Å². The number of thiophene rings is 1. The second-order valence-corrected chi connectivity index (χ2v) is 6.73. The van der Waals surface area contributed by atoms with E-state index in [9.17, 15) is 0 Å². The Balaban J connectivity index is 1.94. The minimum atomic E-state index is 0.683. The molecule has 0 radical (unpaired) electrons. The zero-order chi connectivity index (χ0) is 15.1. The maximum Gasteiger partial charge on any atom is 0.227 e. The van der Waals surface area contributed by atoms with Crippen LogP contribution in [0.2, 0.25) is 0 Å². The van der Waals surface area contributed by atoms with Gasteiger partial charge < -0.3 is 4.42 Å². The number of aryl methyl sites for hydroxylation is 2. The number of para-hydroxylation sites is 2. The molecule has 0 aliphatic rings. The molecule has 2 heterocycles. The Morgan fingerprint density at radius 1 is 0.909 bits per heavy atom. The van der Waals surface area contributed by atoms with Crippen LogP contribution in [0.25, 0.3) is 33.0 Å². The Kier molecular flexibility index (Phi) is 3.09. The van der Waals surface area contributed by atoms with Gasteiger partial charge in [-0.1, -0.05) is 23.8 Å². The van der Waals surface area contributed by atoms with Crippen molar-refractivity contribution in [3.05, 3.63) is 65.0 Å². The summed E-state index contributed by atoms with van der Waals surface area (Å²) >= 11 is 1.80. The van der Waals surface area contributed by atoms with Gasteiger partial charge in [0.05, 0.1) is 0 Å². The second kappa shape index (κ2) is 5.11. The first-order valence-electron chi connectivity index (χ1n) is 7.24. The van der Waals surface area contributed by atoms with Crippen molar-refractivity contribution in [1.29, 1.82) is 0 Å². The van der Waals surface area contributed by atoms with Gasteiger partial charge in [0, 0.05) is 20.9 Å². The second-order valence-electron chi connectivity index (χ2n) is 5.45. The number of hydrogen-bond acceptors (Lipinski definition) is 3. The number of aromatic nitrogens is 1. The van der Waals surface area contributed by atoms with Crippen LogP contribution >= 0.6 is 11.3 Å². The lowest BCUT2D eigenvalue weighted by atomic mass is 10.0. The number of hydrogen-bond donors (Lipinski definition) is 0. The zero-order valence-electron chi connectivity index (χ0n) is 12.5. The minimum absolute atomic E-state index is 0.683. The van der Waals surface area contributed by atoms with E-state index in [0.29, 0.717) is 5.89 Å². The molecule has 2 nitrogen and oxygen atoms in total. The number of nitrogens with zero attached hydrogens (tertiary/aromatic N) is 1. The highest BCUT2D eigenvalue weighted by Gasteiger charge is 2.14. The quantitative estimate of drug-likeness (QED) is 0.465. The Morgan fingerprint density at radius 3 is 2.55 bits per heavy atom. The number of rotatable bonds is 2. The van der Waals surface area contributed by atoms with Gasteiger partial charge in [-0.05, 0) is 50.2 Å². The average Bonchev–Trinajstić information content (AvgIpc) is 3.13. The van der Waals surface area contributed by atoms with Crippen molar-refractivity contribution in [2.75, 3.05) is 0 Å². The van der Waals surface area contributed by atoms with Crippen LogP contribution in [0.3, 0.4) is 0 Å². The topological polar surface area (TPSA) is 26.0 Å². The van der Waals surface area contributed by atoms with Crippen LogP contribution in [0.4, 0.5) is 0 Å². The van der Waals surface area contributed by atoms with Crippen LogP contribution in [0.5, 0.6) is 0 Å². The first-order chi connectivity index (χ1) is 10.7. The van der Waals surface area contributed by atoms with E-state index in [4.69, 9.17) is 4.42 Å². The van der Waals surface area contributed by atoms with Gasteiger partial charge in [-0.2, -0.15) is 0 Å². The van der Waals surface area contributed by atoms with Crippen LogP contribution in [-0.4, -0.2) is 4.98 Å². The highest BCUT2D eigenvalue weighted by atomic mass is 32.1. The van der Waals surface area contributed by atoms with Crippen LogP contribution in [0.1, 0.15) is 10.4 Å². The first kappa shape index (κ1) is 13.3. The third-order valence-electron chi connectivity index (χ3n) is 3.71. The van der Waals surface area contributed by atoms with E-state index in [1.54, 1.807) is 11.3 Å². The smallest absolute Gasteiger partial charge is 0.227 e. The summed E-state index contributed by atoms with van der Waals surface area (Å²) in [6.07, 6.45) is 0. The van der Waals surface area contributed by atoms with Gasteiger partial charge in [0.2, 0.25) is 5.89 Å². The van der Waals surface area contributed by atoms with Crippen molar-refractivity contribution in [2.45, 2.75) is 13.8 Å². The molecule has 0 aliphatic heterocycles. The van der Waals surface area contributed by atoms with Gasteiger partial charge in [0.1, 0.15) is 5.52 Å². The molecular formula is C19H15NOS. The summed E-state index contributed by atoms with van der Waals surface area (Å²) in [5.41, 5.74) is 5.19. The maximum absolute atomic E-state index is 5.96. The molecule has 0 unspecified atom stereocenters. The molecule has 4 aromatic rings. The molecule has 0 atom stereocenters. The van der Waals surface area contributed by atoms with E-state index < -0.39 is 0 Å². The van der Waals surface area contributed by atoms with E-state index in [1.165, 1.54) is 20.9 Å². The van der Waals surface area contributed by atoms with Crippen molar-refractivity contribution >= 4 is 22.4 Å². The van der Waals surface area contributed by atoms with Crippen molar-refractivity contribution in [1.82, 2.24) is 4.98 Å². The SMILES string of the molecule is Cc1ccc(-c2nc3ccccc3o2)c(-c2ccc(C)s2)c1. The molecule has 22 heavy (non-hydrogen) atoms. The average molecular weight is 305 g/mol. The highest BCUT2D eigenvalue weighted by Crippen LogP contribution is 2.37. The standard InChI is InChI=1S/C19H15NOS/c1-12-7-9-14(15(11-12)18-10-8-13(2)22-18)19-20-16-5-3-4-6-17(16)21-19/h3-11H,1-2H3. The predicted molar refractivity (Wildman–Crippen MR) is 92.2 cm³/mol. The number of oxazole rings is 1. The molecule has 0 N–H and O–H groups in total. The van der Waals surface area contributed by atoms with Crippen molar-refractivity contribution in [3.63, 3.8) is 0 Å². The Bertz CT molecular complexity index is 931. The van der Waals surface area contributed by atoms with Gasteiger partial charge in [0.15, 0.2) is 5.58 Å². The van der Waals surface area contributed by atoms with Gasteiger partial charge in [-0.15, -0.1) is 11.3 Å². The van der Waals surface area contributed by atoms with Gasteiger partial charge in [0.25, 0.3) is 0 Å². The molecule has 0 bridgehead atoms. The molecule has 0 saturated heterocycles. The zero-order valence-corrected chi connectivity index (χ0v) is 13.3. The van der Waals surface area contributed by atoms with E-state index >= 15 is 0 Å². The fourth-order valence-corrected chi connectivity index (χ4v) is 3.51. The molecule has 3 heteroatoms. The fourth-order valence-electron chi connectivity index (χ4n) is 2.62. The molecule has 0 spiro atoms. The van der Waals surface area contributed by atoms with Crippen molar-refractivity contribution in [3.8, 4) is 21.9 Å². The normalized spacial score (nSPS) is 11.2. The molecular weight excluding hydrogens is 290 g/mol. The number of fused-ring (bicyclic) bond motifs is 1. The summed E-state index contributed by atoms with van der Waals surface area (Å²) in [4.78, 5) is 7.20. The van der Waals surface area contributed by atoms with Crippen LogP contribution < -0.4 is 0 Å². The Labute approximate surface area is 133 Å². The lowest BCUT2D eigenvalue weighted by Gasteiger charge is -2.06. The van der Waals surface area contributed by atoms with Crippen molar-refractivity contribution in [2.24, 2.45) is 0 Å². The van der Waals surface area contributed by atoms with E-state index in [2.05, 4.69) is 49.2 Å². The molecule has 0 aliphatic carbocycles. The molecule has 108 valence electrons. The molecule has 2 aromatic heterocycles. The largest absolute Gasteiger partial charge is 0.436 e. The maximum atomic E-state index is 5.96. The summed E-state index contributed by atoms with van der Waals surface area (Å²) in [6, 6.07) is 18.6. The van der Waals surface area contributed by atoms with Crippen LogP contribution in [0.15, 0.2) is 59.0 Å². The summed E-state index contributed by atoms with van der Waals surface area (Å²) < 4.78 is 5.96. The van der Waals surface area contributed by atoms with E-state index in [0.717, 1.165) is 16.7 Å². The summed E-state index contributed by atoms with van der Waals surface area (Å²) in [5, 5.41) is 0. The van der Waals surface area contributed by atoms with Gasteiger partial charge in [-0.3, -0.25) is 0 Å². The lowest BCUT2D eigenvalue weighted by molar-refractivity contribution is 0.620. The van der Waals surface area contributed by atoms with Gasteiger partial charge >= 0.3 is 0 Å². The summed E-state index contributed by atoms with van der Waals surface area (Å²) in [6.45, 7) is 4.24. The highest BCUT2D eigenvalue weighted by molar-refractivity contribution is 7.15. The minimum Gasteiger partial charge on any atom is -0.436 e. The number of benzene rings is 2. The Morgan fingerprint density at radius 2 is 1.77 bits per heavy atom. The molecule has 4 rings (SSSR count). The predicted octanol–water partition coefficient (Wildman–Crippen LogP) is 5.84. The third kappa shape index (κ3) is 2.24. The molecule has 0 saturated carbocycles. The summed E-state index contributed by atoms with van der Waals surface area (Å²) in [5.74, 6) is 0.683. The van der Waals surface area contributed by atoms with Crippen LogP contribution in [-0.2, 0) is 0 Å². The van der Waals surface area contributed by atoms with E-state index in [-0.39, 0.29) is 0 Å². The third-order valence-corrected chi connectivity index (χ3v) is 4.74. The lowest BCUT2D eigenvalue weighted by Crippen LogP contribution is -1.84. The van der Waals surface area contributed by atoms with Crippen molar-refractivity contribution < 1.29 is 4.42 Å². The van der Waals surface area contributed by atoms with Crippen LogP contribution in [0, 0.1) is 13.8 Å².